The van der Waals surface area contributed by atoms with Crippen molar-refractivity contribution in [3.8, 4) is 11.1 Å². The number of halogens is 3. The molecule has 2 atom stereocenters. The number of piperidine rings is 1. The Morgan fingerprint density at radius 1 is 0.974 bits per heavy atom. The monoisotopic (exact) mass is 523 g/mol. The molecule has 1 saturated heterocycles. The Balaban J connectivity index is 1.49. The summed E-state index contributed by atoms with van der Waals surface area (Å²) in [7, 11) is 0. The van der Waals surface area contributed by atoms with Crippen LogP contribution in [0, 0.1) is 17.5 Å². The number of nitrogens with zero attached hydrogens (tertiary/aromatic N) is 1. The highest BCUT2D eigenvalue weighted by Gasteiger charge is 2.41. The largest absolute Gasteiger partial charge is 0.338 e. The van der Waals surface area contributed by atoms with E-state index in [-0.39, 0.29) is 30.2 Å². The van der Waals surface area contributed by atoms with Crippen LogP contribution in [0.4, 0.5) is 18.0 Å². The minimum atomic E-state index is -0.629. The molecule has 0 spiro atoms. The first-order valence-electron chi connectivity index (χ1n) is 12.8. The van der Waals surface area contributed by atoms with Gasteiger partial charge < -0.3 is 15.5 Å². The quantitative estimate of drug-likeness (QED) is 0.375. The van der Waals surface area contributed by atoms with Gasteiger partial charge in [-0.1, -0.05) is 36.4 Å². The van der Waals surface area contributed by atoms with Crippen molar-refractivity contribution in [3.05, 3.63) is 95.3 Å². The van der Waals surface area contributed by atoms with Gasteiger partial charge in [0.2, 0.25) is 5.91 Å². The third kappa shape index (κ3) is 6.01. The van der Waals surface area contributed by atoms with Gasteiger partial charge in [-0.2, -0.15) is 0 Å². The highest BCUT2D eigenvalue weighted by molar-refractivity contribution is 5.79. The number of likely N-dealkylation sites (tertiary alicyclic amines) is 1. The summed E-state index contributed by atoms with van der Waals surface area (Å²) in [5.74, 6) is -1.63. The third-order valence-corrected chi connectivity index (χ3v) is 7.43. The molecule has 0 radical (unpaired) electrons. The van der Waals surface area contributed by atoms with Crippen molar-refractivity contribution >= 4 is 11.9 Å². The zero-order valence-corrected chi connectivity index (χ0v) is 21.6. The Hall–Kier alpha value is -3.81. The van der Waals surface area contributed by atoms with Crippen LogP contribution in [0.25, 0.3) is 11.1 Å². The molecule has 3 amide bonds. The first-order valence-corrected chi connectivity index (χ1v) is 12.8. The average molecular weight is 524 g/mol. The molecule has 8 heteroatoms. The fourth-order valence-corrected chi connectivity index (χ4v) is 5.24. The van der Waals surface area contributed by atoms with E-state index in [0.29, 0.717) is 43.6 Å². The zero-order valence-electron chi connectivity index (χ0n) is 21.6. The second-order valence-corrected chi connectivity index (χ2v) is 9.76. The Labute approximate surface area is 221 Å². The first-order chi connectivity index (χ1) is 18.2. The number of carbonyl (C=O) groups is 2. The van der Waals surface area contributed by atoms with E-state index in [1.54, 1.807) is 24.3 Å². The standard InChI is InChI=1S/C30H32F3N3O2/c1-3-34-29(38)35-16-14-30(23-8-10-24(31)11-9-23)15-17-36(28(37)19-30)20(2)21-4-6-22(7-5-21)26-13-12-25(32)18-27(26)33/h4-13,18,20H,3,14-17,19H2,1-2H3,(H2,34,35,38)/t20-,30?/m0/s1. The summed E-state index contributed by atoms with van der Waals surface area (Å²) in [6.45, 7) is 5.18. The molecule has 0 aromatic heterocycles. The topological polar surface area (TPSA) is 61.4 Å². The van der Waals surface area contributed by atoms with Crippen molar-refractivity contribution < 1.29 is 22.8 Å². The van der Waals surface area contributed by atoms with Crippen LogP contribution in [0.1, 0.15) is 50.3 Å². The molecule has 5 nitrogen and oxygen atoms in total. The van der Waals surface area contributed by atoms with E-state index in [9.17, 15) is 22.8 Å². The van der Waals surface area contributed by atoms with Crippen molar-refractivity contribution in [2.75, 3.05) is 19.6 Å². The molecule has 3 aromatic carbocycles. The molecule has 3 aromatic rings. The van der Waals surface area contributed by atoms with E-state index < -0.39 is 17.0 Å². The van der Waals surface area contributed by atoms with Gasteiger partial charge in [0.1, 0.15) is 17.5 Å². The second kappa shape index (κ2) is 11.7. The highest BCUT2D eigenvalue weighted by Crippen LogP contribution is 2.41. The number of nitrogens with one attached hydrogen (secondary N) is 2. The number of hydrogen-bond donors (Lipinski definition) is 2. The maximum Gasteiger partial charge on any atom is 0.314 e. The molecule has 1 heterocycles. The van der Waals surface area contributed by atoms with Crippen molar-refractivity contribution in [1.82, 2.24) is 15.5 Å². The van der Waals surface area contributed by atoms with Crippen LogP contribution in [0.3, 0.4) is 0 Å². The molecular formula is C30H32F3N3O2. The molecule has 0 aliphatic carbocycles. The van der Waals surface area contributed by atoms with E-state index >= 15 is 0 Å². The summed E-state index contributed by atoms with van der Waals surface area (Å²) in [6, 6.07) is 16.5. The predicted molar refractivity (Wildman–Crippen MR) is 141 cm³/mol. The smallest absolute Gasteiger partial charge is 0.314 e. The van der Waals surface area contributed by atoms with Crippen LogP contribution in [0.15, 0.2) is 66.7 Å². The zero-order chi connectivity index (χ0) is 27.3. The first kappa shape index (κ1) is 27.2. The van der Waals surface area contributed by atoms with Gasteiger partial charge in [-0.25, -0.2) is 18.0 Å². The van der Waals surface area contributed by atoms with E-state index in [4.69, 9.17) is 0 Å². The van der Waals surface area contributed by atoms with Gasteiger partial charge in [-0.3, -0.25) is 4.79 Å². The average Bonchev–Trinajstić information content (AvgIpc) is 2.89. The number of benzene rings is 3. The van der Waals surface area contributed by atoms with E-state index in [2.05, 4.69) is 10.6 Å². The summed E-state index contributed by atoms with van der Waals surface area (Å²) < 4.78 is 41.1. The van der Waals surface area contributed by atoms with Gasteiger partial charge in [0.15, 0.2) is 0 Å². The second-order valence-electron chi connectivity index (χ2n) is 9.76. The van der Waals surface area contributed by atoms with Crippen LogP contribution < -0.4 is 10.6 Å². The van der Waals surface area contributed by atoms with Gasteiger partial charge >= 0.3 is 6.03 Å². The van der Waals surface area contributed by atoms with Crippen LogP contribution in [0.5, 0.6) is 0 Å². The van der Waals surface area contributed by atoms with E-state index in [0.717, 1.165) is 17.2 Å². The van der Waals surface area contributed by atoms with Crippen LogP contribution in [-0.4, -0.2) is 36.5 Å². The van der Waals surface area contributed by atoms with Crippen molar-refractivity contribution in [2.45, 2.75) is 44.6 Å². The van der Waals surface area contributed by atoms with Gasteiger partial charge in [0, 0.05) is 43.1 Å². The molecule has 200 valence electrons. The van der Waals surface area contributed by atoms with Crippen molar-refractivity contribution in [2.24, 2.45) is 0 Å². The Morgan fingerprint density at radius 2 is 1.66 bits per heavy atom. The van der Waals surface area contributed by atoms with Crippen molar-refractivity contribution in [3.63, 3.8) is 0 Å². The fourth-order valence-electron chi connectivity index (χ4n) is 5.24. The van der Waals surface area contributed by atoms with Gasteiger partial charge in [-0.15, -0.1) is 0 Å². The summed E-state index contributed by atoms with van der Waals surface area (Å²) in [4.78, 5) is 27.2. The molecule has 1 aliphatic rings. The maximum atomic E-state index is 14.2. The summed E-state index contributed by atoms with van der Waals surface area (Å²) >= 11 is 0. The van der Waals surface area contributed by atoms with E-state index in [1.807, 2.05) is 30.9 Å². The minimum Gasteiger partial charge on any atom is -0.338 e. The summed E-state index contributed by atoms with van der Waals surface area (Å²) in [6.07, 6.45) is 1.44. The molecule has 2 N–H and O–H groups in total. The van der Waals surface area contributed by atoms with Crippen LogP contribution >= 0.6 is 0 Å². The van der Waals surface area contributed by atoms with Crippen LogP contribution in [-0.2, 0) is 10.2 Å². The fraction of sp³-hybridized carbons (Fsp3) is 0.333. The maximum absolute atomic E-state index is 14.2. The Bertz CT molecular complexity index is 1280. The van der Waals surface area contributed by atoms with Crippen molar-refractivity contribution in [1.29, 1.82) is 0 Å². The van der Waals surface area contributed by atoms with Gasteiger partial charge in [0.05, 0.1) is 6.04 Å². The molecule has 1 fully saturated rings. The number of carbonyl (C=O) groups excluding carboxylic acids is 2. The minimum absolute atomic E-state index is 0.0280. The molecule has 1 unspecified atom stereocenters. The summed E-state index contributed by atoms with van der Waals surface area (Å²) in [5.41, 5.74) is 2.19. The third-order valence-electron chi connectivity index (χ3n) is 7.43. The number of amides is 3. The van der Waals surface area contributed by atoms with Crippen LogP contribution in [0.2, 0.25) is 0 Å². The lowest BCUT2D eigenvalue weighted by Crippen LogP contribution is -2.48. The lowest BCUT2D eigenvalue weighted by atomic mass is 9.70. The number of urea groups is 1. The molecule has 4 rings (SSSR count). The highest BCUT2D eigenvalue weighted by atomic mass is 19.1. The SMILES string of the molecule is CCNC(=O)NCCC1(c2ccc(F)cc2)CCN([C@@H](C)c2ccc(-c3ccc(F)cc3F)cc2)C(=O)C1. The normalized spacial score (nSPS) is 18.2. The predicted octanol–water partition coefficient (Wildman–Crippen LogP) is 6.10. The lowest BCUT2D eigenvalue weighted by Gasteiger charge is -2.44. The van der Waals surface area contributed by atoms with Gasteiger partial charge in [0.25, 0.3) is 0 Å². The van der Waals surface area contributed by atoms with Gasteiger partial charge in [-0.05, 0) is 67.6 Å². The Kier molecular flexibility index (Phi) is 8.39. The van der Waals surface area contributed by atoms with E-state index in [1.165, 1.54) is 24.3 Å². The molecule has 0 saturated carbocycles. The summed E-state index contributed by atoms with van der Waals surface area (Å²) in [5, 5.41) is 5.54. The molecule has 1 aliphatic heterocycles. The Morgan fingerprint density at radius 3 is 2.29 bits per heavy atom. The molecular weight excluding hydrogens is 491 g/mol. The lowest BCUT2D eigenvalue weighted by molar-refractivity contribution is -0.138. The molecule has 38 heavy (non-hydrogen) atoms. The number of hydrogen-bond acceptors (Lipinski definition) is 2. The molecule has 0 bridgehead atoms. The number of rotatable bonds is 8.